The summed E-state index contributed by atoms with van der Waals surface area (Å²) < 4.78 is 10.4. The molecule has 1 aliphatic heterocycles. The molecule has 0 aromatic carbocycles. The largest absolute Gasteiger partial charge is 0.393 e. The molecule has 1 rings (SSSR count). The first-order valence-corrected chi connectivity index (χ1v) is 4.27. The summed E-state index contributed by atoms with van der Waals surface area (Å²) in [6.45, 7) is 3.45. The highest BCUT2D eigenvalue weighted by Crippen LogP contribution is 2.11. The third-order valence-electron chi connectivity index (χ3n) is 1.61. The van der Waals surface area contributed by atoms with Crippen molar-refractivity contribution in [2.75, 3.05) is 6.61 Å². The minimum absolute atomic E-state index is 0.0298. The molecule has 4 heteroatoms. The fourth-order valence-corrected chi connectivity index (χ4v) is 1.03. The van der Waals surface area contributed by atoms with Gasteiger partial charge >= 0.3 is 0 Å². The van der Waals surface area contributed by atoms with Crippen molar-refractivity contribution >= 4 is 5.78 Å². The van der Waals surface area contributed by atoms with Gasteiger partial charge in [0.15, 0.2) is 12.1 Å². The first-order chi connectivity index (χ1) is 6.13. The maximum absolute atomic E-state index is 11.0. The highest BCUT2D eigenvalue weighted by molar-refractivity contribution is 5.94. The monoisotopic (exact) mass is 186 g/mol. The molecule has 0 amide bonds. The molecule has 0 fully saturated rings. The van der Waals surface area contributed by atoms with E-state index in [0.717, 1.165) is 0 Å². The lowest BCUT2D eigenvalue weighted by Gasteiger charge is -2.24. The van der Waals surface area contributed by atoms with Gasteiger partial charge in [0.2, 0.25) is 0 Å². The number of carbonyl (C=O) groups is 1. The molecule has 2 unspecified atom stereocenters. The van der Waals surface area contributed by atoms with E-state index < -0.39 is 12.4 Å². The summed E-state index contributed by atoms with van der Waals surface area (Å²) in [7, 11) is 0. The summed E-state index contributed by atoms with van der Waals surface area (Å²) in [5.41, 5.74) is 0. The molecule has 0 saturated heterocycles. The van der Waals surface area contributed by atoms with Crippen LogP contribution in [-0.4, -0.2) is 36.0 Å². The van der Waals surface area contributed by atoms with Gasteiger partial charge in [-0.2, -0.15) is 0 Å². The lowest BCUT2D eigenvalue weighted by molar-refractivity contribution is -0.179. The summed E-state index contributed by atoms with van der Waals surface area (Å²) in [6, 6.07) is 0. The second-order valence-electron chi connectivity index (χ2n) is 3.12. The van der Waals surface area contributed by atoms with E-state index in [1.807, 2.05) is 13.8 Å². The second-order valence-corrected chi connectivity index (χ2v) is 3.12. The Morgan fingerprint density at radius 1 is 1.69 bits per heavy atom. The predicted molar refractivity (Wildman–Crippen MR) is 46.1 cm³/mol. The highest BCUT2D eigenvalue weighted by atomic mass is 16.7. The van der Waals surface area contributed by atoms with Crippen molar-refractivity contribution in [1.29, 1.82) is 0 Å². The lowest BCUT2D eigenvalue weighted by Crippen LogP contribution is -2.36. The molecule has 74 valence electrons. The van der Waals surface area contributed by atoms with Crippen LogP contribution in [0.4, 0.5) is 0 Å². The Balaban J connectivity index is 2.53. The van der Waals surface area contributed by atoms with Crippen LogP contribution >= 0.6 is 0 Å². The van der Waals surface area contributed by atoms with Crippen LogP contribution in [0.3, 0.4) is 0 Å². The van der Waals surface area contributed by atoms with Crippen molar-refractivity contribution in [3.05, 3.63) is 12.2 Å². The molecule has 2 atom stereocenters. The smallest absolute Gasteiger partial charge is 0.186 e. The van der Waals surface area contributed by atoms with Crippen molar-refractivity contribution in [2.24, 2.45) is 0 Å². The van der Waals surface area contributed by atoms with Crippen molar-refractivity contribution in [1.82, 2.24) is 0 Å². The molecule has 1 N–H and O–H groups in total. The van der Waals surface area contributed by atoms with Crippen LogP contribution in [0.5, 0.6) is 0 Å². The van der Waals surface area contributed by atoms with Gasteiger partial charge in [-0.1, -0.05) is 0 Å². The molecule has 0 radical (unpaired) electrons. The second kappa shape index (κ2) is 4.50. The molecule has 1 aliphatic rings. The van der Waals surface area contributed by atoms with Crippen LogP contribution in [-0.2, 0) is 14.3 Å². The van der Waals surface area contributed by atoms with Gasteiger partial charge in [-0.05, 0) is 26.0 Å². The molecule has 0 bridgehead atoms. The SMILES string of the molecule is CC(C)OC1C=CC(=O)C(CO)O1. The molecule has 0 aromatic heterocycles. The fourth-order valence-electron chi connectivity index (χ4n) is 1.03. The van der Waals surface area contributed by atoms with E-state index in [0.29, 0.717) is 0 Å². The predicted octanol–water partition coefficient (Wildman–Crippen LogP) is 0.254. The molecule has 0 saturated carbocycles. The molecule has 13 heavy (non-hydrogen) atoms. The number of rotatable bonds is 3. The van der Waals surface area contributed by atoms with Gasteiger partial charge in [0.05, 0.1) is 12.7 Å². The Morgan fingerprint density at radius 3 is 2.92 bits per heavy atom. The van der Waals surface area contributed by atoms with Crippen molar-refractivity contribution in [2.45, 2.75) is 32.3 Å². The van der Waals surface area contributed by atoms with E-state index in [4.69, 9.17) is 14.6 Å². The molecular formula is C9H14O4. The van der Waals surface area contributed by atoms with E-state index in [1.165, 1.54) is 6.08 Å². The molecule has 0 aliphatic carbocycles. The van der Waals surface area contributed by atoms with Gasteiger partial charge in [-0.25, -0.2) is 0 Å². The van der Waals surface area contributed by atoms with Gasteiger partial charge in [-0.15, -0.1) is 0 Å². The Bertz CT molecular complexity index is 210. The van der Waals surface area contributed by atoms with E-state index in [9.17, 15) is 4.79 Å². The zero-order valence-corrected chi connectivity index (χ0v) is 7.77. The Kier molecular flexibility index (Phi) is 3.59. The number of aliphatic hydroxyl groups excluding tert-OH is 1. The lowest BCUT2D eigenvalue weighted by atomic mass is 10.2. The van der Waals surface area contributed by atoms with E-state index in [2.05, 4.69) is 0 Å². The first-order valence-electron chi connectivity index (χ1n) is 4.27. The maximum Gasteiger partial charge on any atom is 0.186 e. The van der Waals surface area contributed by atoms with Crippen LogP contribution < -0.4 is 0 Å². The van der Waals surface area contributed by atoms with Crippen molar-refractivity contribution in [3.63, 3.8) is 0 Å². The van der Waals surface area contributed by atoms with E-state index in [-0.39, 0.29) is 18.5 Å². The van der Waals surface area contributed by atoms with Gasteiger partial charge in [0, 0.05) is 0 Å². The Labute approximate surface area is 77.1 Å². The zero-order valence-electron chi connectivity index (χ0n) is 7.77. The Morgan fingerprint density at radius 2 is 2.38 bits per heavy atom. The minimum Gasteiger partial charge on any atom is -0.393 e. The maximum atomic E-state index is 11.0. The van der Waals surface area contributed by atoms with Crippen LogP contribution in [0.15, 0.2) is 12.2 Å². The summed E-state index contributed by atoms with van der Waals surface area (Å²) in [5, 5.41) is 8.78. The van der Waals surface area contributed by atoms with Crippen LogP contribution in [0, 0.1) is 0 Å². The van der Waals surface area contributed by atoms with Crippen LogP contribution in [0.1, 0.15) is 13.8 Å². The number of aliphatic hydroxyl groups is 1. The van der Waals surface area contributed by atoms with Crippen molar-refractivity contribution < 1.29 is 19.4 Å². The summed E-state index contributed by atoms with van der Waals surface area (Å²) in [5.74, 6) is -0.217. The number of hydrogen-bond acceptors (Lipinski definition) is 4. The average Bonchev–Trinajstić information content (AvgIpc) is 2.07. The standard InChI is InChI=1S/C9H14O4/c1-6(2)12-9-4-3-7(11)8(5-10)13-9/h3-4,6,8-10H,5H2,1-2H3. The summed E-state index contributed by atoms with van der Waals surface area (Å²) in [4.78, 5) is 11.0. The molecule has 0 spiro atoms. The Hall–Kier alpha value is -0.710. The quantitative estimate of drug-likeness (QED) is 0.686. The van der Waals surface area contributed by atoms with Crippen molar-refractivity contribution in [3.8, 4) is 0 Å². The third-order valence-corrected chi connectivity index (χ3v) is 1.61. The third kappa shape index (κ3) is 2.91. The molecular weight excluding hydrogens is 172 g/mol. The number of ether oxygens (including phenoxy) is 2. The van der Waals surface area contributed by atoms with Gasteiger partial charge < -0.3 is 14.6 Å². The number of carbonyl (C=O) groups excluding carboxylic acids is 1. The fraction of sp³-hybridized carbons (Fsp3) is 0.667. The molecule has 1 heterocycles. The topological polar surface area (TPSA) is 55.8 Å². The highest BCUT2D eigenvalue weighted by Gasteiger charge is 2.25. The molecule has 4 nitrogen and oxygen atoms in total. The summed E-state index contributed by atoms with van der Waals surface area (Å²) >= 11 is 0. The van der Waals surface area contributed by atoms with Gasteiger partial charge in [0.1, 0.15) is 6.10 Å². The zero-order chi connectivity index (χ0) is 9.84. The summed E-state index contributed by atoms with van der Waals surface area (Å²) in [6.07, 6.45) is 1.68. The van der Waals surface area contributed by atoms with E-state index in [1.54, 1.807) is 6.08 Å². The minimum atomic E-state index is -0.770. The van der Waals surface area contributed by atoms with Crippen LogP contribution in [0.2, 0.25) is 0 Å². The van der Waals surface area contributed by atoms with Gasteiger partial charge in [0.25, 0.3) is 0 Å². The first kappa shape index (κ1) is 10.4. The van der Waals surface area contributed by atoms with Crippen LogP contribution in [0.25, 0.3) is 0 Å². The average molecular weight is 186 g/mol. The number of hydrogen-bond donors (Lipinski definition) is 1. The van der Waals surface area contributed by atoms with E-state index >= 15 is 0 Å². The normalized spacial score (nSPS) is 28.5. The van der Waals surface area contributed by atoms with Gasteiger partial charge in [-0.3, -0.25) is 4.79 Å². The number of ketones is 1. The molecule has 0 aromatic rings.